The quantitative estimate of drug-likeness (QED) is 0.685. The van der Waals surface area contributed by atoms with E-state index in [9.17, 15) is 13.6 Å². The molecule has 2 aromatic heterocycles. The van der Waals surface area contributed by atoms with Crippen molar-refractivity contribution < 1.29 is 18.3 Å². The Labute approximate surface area is 151 Å². The van der Waals surface area contributed by atoms with Gasteiger partial charge in [-0.3, -0.25) is 9.88 Å². The number of halogens is 2. The predicted octanol–water partition coefficient (Wildman–Crippen LogP) is 3.13. The van der Waals surface area contributed by atoms with Gasteiger partial charge in [0.2, 0.25) is 5.13 Å². The van der Waals surface area contributed by atoms with E-state index in [-0.39, 0.29) is 17.5 Å². The van der Waals surface area contributed by atoms with Crippen LogP contribution in [-0.4, -0.2) is 32.0 Å². The van der Waals surface area contributed by atoms with E-state index in [0.29, 0.717) is 16.1 Å². The summed E-state index contributed by atoms with van der Waals surface area (Å²) in [6.45, 7) is -2.86. The molecular formula is C15H14F2N6O2S. The van der Waals surface area contributed by atoms with Crippen LogP contribution in [0, 0.1) is 0 Å². The fourth-order valence-corrected chi connectivity index (χ4v) is 2.70. The van der Waals surface area contributed by atoms with E-state index in [1.165, 1.54) is 6.20 Å². The highest BCUT2D eigenvalue weighted by Crippen LogP contribution is 2.24. The predicted molar refractivity (Wildman–Crippen MR) is 91.2 cm³/mol. The molecule has 0 unspecified atom stereocenters. The lowest BCUT2D eigenvalue weighted by Gasteiger charge is -2.07. The van der Waals surface area contributed by atoms with Crippen LogP contribution in [0.15, 0.2) is 36.7 Å². The maximum absolute atomic E-state index is 12.7. The van der Waals surface area contributed by atoms with Crippen molar-refractivity contribution in [1.29, 1.82) is 0 Å². The molecule has 2 heterocycles. The standard InChI is InChI=1S/C15H14F2N6O2S/c1-25-10-4-2-3-9(7-10)12-20-15(26-22-12)21-14(24)19-8-11-18-5-6-23(11)13(16)17/h2-7,13H,8H2,1H3,(H2,19,20,21,22,24). The number of carbonyl (C=O) groups excluding carboxylic acids is 1. The van der Waals surface area contributed by atoms with Crippen molar-refractivity contribution in [1.82, 2.24) is 24.2 Å². The molecule has 136 valence electrons. The summed E-state index contributed by atoms with van der Waals surface area (Å²) in [4.78, 5) is 19.9. The monoisotopic (exact) mass is 380 g/mol. The molecule has 0 aliphatic rings. The second-order valence-electron chi connectivity index (χ2n) is 4.99. The van der Waals surface area contributed by atoms with E-state index in [4.69, 9.17) is 4.74 Å². The first-order valence-electron chi connectivity index (χ1n) is 7.39. The van der Waals surface area contributed by atoms with Crippen molar-refractivity contribution in [3.63, 3.8) is 0 Å². The Bertz CT molecular complexity index is 898. The Morgan fingerprint density at radius 1 is 1.42 bits per heavy atom. The van der Waals surface area contributed by atoms with Gasteiger partial charge in [-0.15, -0.1) is 0 Å². The molecule has 1 aromatic carbocycles. The number of hydrogen-bond donors (Lipinski definition) is 2. The van der Waals surface area contributed by atoms with Crippen LogP contribution in [0.3, 0.4) is 0 Å². The Morgan fingerprint density at radius 2 is 2.27 bits per heavy atom. The smallest absolute Gasteiger partial charge is 0.321 e. The lowest BCUT2D eigenvalue weighted by Crippen LogP contribution is -2.29. The average molecular weight is 380 g/mol. The molecular weight excluding hydrogens is 366 g/mol. The molecule has 0 spiro atoms. The molecule has 0 aliphatic heterocycles. The molecule has 8 nitrogen and oxygen atoms in total. The Balaban J connectivity index is 1.60. The minimum atomic E-state index is -2.72. The largest absolute Gasteiger partial charge is 0.497 e. The number of alkyl halides is 2. The molecule has 0 saturated heterocycles. The van der Waals surface area contributed by atoms with Crippen molar-refractivity contribution in [2.24, 2.45) is 0 Å². The number of imidazole rings is 1. The van der Waals surface area contributed by atoms with Crippen LogP contribution in [0.2, 0.25) is 0 Å². The van der Waals surface area contributed by atoms with Gasteiger partial charge in [-0.05, 0) is 12.1 Å². The number of anilines is 1. The fourth-order valence-electron chi connectivity index (χ4n) is 2.11. The highest BCUT2D eigenvalue weighted by molar-refractivity contribution is 7.10. The first-order chi connectivity index (χ1) is 12.6. The molecule has 0 atom stereocenters. The highest BCUT2D eigenvalue weighted by atomic mass is 32.1. The number of aromatic nitrogens is 4. The molecule has 26 heavy (non-hydrogen) atoms. The second-order valence-corrected chi connectivity index (χ2v) is 5.74. The van der Waals surface area contributed by atoms with Crippen LogP contribution in [0.25, 0.3) is 11.4 Å². The van der Waals surface area contributed by atoms with Gasteiger partial charge in [-0.25, -0.2) is 9.78 Å². The Morgan fingerprint density at radius 3 is 3.04 bits per heavy atom. The first-order valence-corrected chi connectivity index (χ1v) is 8.17. The molecule has 0 aliphatic carbocycles. The second kappa shape index (κ2) is 7.87. The summed E-state index contributed by atoms with van der Waals surface area (Å²) >= 11 is 1.00. The van der Waals surface area contributed by atoms with Crippen LogP contribution >= 0.6 is 11.5 Å². The normalized spacial score (nSPS) is 10.8. The zero-order valence-corrected chi connectivity index (χ0v) is 14.3. The van der Waals surface area contributed by atoms with Gasteiger partial charge in [0.1, 0.15) is 11.6 Å². The molecule has 0 saturated carbocycles. The maximum atomic E-state index is 12.7. The van der Waals surface area contributed by atoms with E-state index >= 15 is 0 Å². The van der Waals surface area contributed by atoms with Gasteiger partial charge in [0.25, 0.3) is 0 Å². The van der Waals surface area contributed by atoms with Crippen molar-refractivity contribution >= 4 is 22.7 Å². The SMILES string of the molecule is COc1cccc(-c2nsc(NC(=O)NCc3nccn3C(F)F)n2)c1. The van der Waals surface area contributed by atoms with Gasteiger partial charge < -0.3 is 10.1 Å². The third-order valence-corrected chi connectivity index (χ3v) is 3.97. The summed E-state index contributed by atoms with van der Waals surface area (Å²) < 4.78 is 35.4. The molecule has 3 aromatic rings. The number of carbonyl (C=O) groups is 1. The lowest BCUT2D eigenvalue weighted by molar-refractivity contribution is 0.0667. The van der Waals surface area contributed by atoms with Gasteiger partial charge in [-0.1, -0.05) is 12.1 Å². The Hall–Kier alpha value is -3.08. The topological polar surface area (TPSA) is 94.0 Å². The van der Waals surface area contributed by atoms with E-state index < -0.39 is 12.6 Å². The van der Waals surface area contributed by atoms with Crippen LogP contribution in [0.4, 0.5) is 18.7 Å². The summed E-state index contributed by atoms with van der Waals surface area (Å²) in [6, 6.07) is 6.60. The number of hydrogen-bond acceptors (Lipinski definition) is 6. The van der Waals surface area contributed by atoms with Crippen LogP contribution in [0.5, 0.6) is 5.75 Å². The highest BCUT2D eigenvalue weighted by Gasteiger charge is 2.13. The summed E-state index contributed by atoms with van der Waals surface area (Å²) in [7, 11) is 1.56. The molecule has 0 radical (unpaired) electrons. The zero-order valence-electron chi connectivity index (χ0n) is 13.5. The molecule has 0 fully saturated rings. The minimum Gasteiger partial charge on any atom is -0.497 e. The number of methoxy groups -OCH3 is 1. The third-order valence-electron chi connectivity index (χ3n) is 3.34. The van der Waals surface area contributed by atoms with E-state index in [2.05, 4.69) is 25.0 Å². The zero-order chi connectivity index (χ0) is 18.5. The van der Waals surface area contributed by atoms with Gasteiger partial charge >= 0.3 is 12.6 Å². The van der Waals surface area contributed by atoms with Crippen molar-refractivity contribution in [2.75, 3.05) is 12.4 Å². The lowest BCUT2D eigenvalue weighted by atomic mass is 10.2. The number of amides is 2. The molecule has 3 rings (SSSR count). The summed E-state index contributed by atoms with van der Waals surface area (Å²) in [5.41, 5.74) is 0.744. The summed E-state index contributed by atoms with van der Waals surface area (Å²) in [6.07, 6.45) is 2.39. The van der Waals surface area contributed by atoms with Gasteiger partial charge in [-0.2, -0.15) is 18.1 Å². The molecule has 0 bridgehead atoms. The van der Waals surface area contributed by atoms with Crippen molar-refractivity contribution in [2.45, 2.75) is 13.1 Å². The summed E-state index contributed by atoms with van der Waals surface area (Å²) in [5, 5.41) is 5.23. The van der Waals surface area contributed by atoms with Crippen LogP contribution in [0.1, 0.15) is 12.4 Å². The first kappa shape index (κ1) is 17.7. The van der Waals surface area contributed by atoms with Crippen LogP contribution in [-0.2, 0) is 6.54 Å². The summed E-state index contributed by atoms with van der Waals surface area (Å²) in [5.74, 6) is 1.15. The fraction of sp³-hybridized carbons (Fsp3) is 0.200. The van der Waals surface area contributed by atoms with Gasteiger partial charge in [0, 0.05) is 29.5 Å². The average Bonchev–Trinajstić information content (AvgIpc) is 3.29. The minimum absolute atomic E-state index is 0.0458. The molecule has 2 amide bonds. The van der Waals surface area contributed by atoms with Crippen LogP contribution < -0.4 is 15.4 Å². The van der Waals surface area contributed by atoms with E-state index in [0.717, 1.165) is 23.3 Å². The third kappa shape index (κ3) is 4.11. The maximum Gasteiger partial charge on any atom is 0.321 e. The van der Waals surface area contributed by atoms with Gasteiger partial charge in [0.05, 0.1) is 13.7 Å². The number of ether oxygens (including phenoxy) is 1. The van der Waals surface area contributed by atoms with Gasteiger partial charge in [0.15, 0.2) is 5.82 Å². The van der Waals surface area contributed by atoms with Crippen molar-refractivity contribution in [3.8, 4) is 17.1 Å². The number of rotatable bonds is 6. The molecule has 2 N–H and O–H groups in total. The van der Waals surface area contributed by atoms with Crippen molar-refractivity contribution in [3.05, 3.63) is 42.5 Å². The number of nitrogens with one attached hydrogen (secondary N) is 2. The molecule has 11 heteroatoms. The van der Waals surface area contributed by atoms with E-state index in [1.54, 1.807) is 25.3 Å². The number of urea groups is 1. The van der Waals surface area contributed by atoms with E-state index in [1.807, 2.05) is 6.07 Å². The number of nitrogens with zero attached hydrogens (tertiary/aromatic N) is 4. The Kier molecular flexibility index (Phi) is 5.37. The number of benzene rings is 1.